The van der Waals surface area contributed by atoms with E-state index in [4.69, 9.17) is 4.74 Å². The van der Waals surface area contributed by atoms with Gasteiger partial charge >= 0.3 is 7.25 Å². The third-order valence-corrected chi connectivity index (χ3v) is 9.63. The molecular weight excluding hydrogens is 398 g/mol. The van der Waals surface area contributed by atoms with Crippen LogP contribution in [0.4, 0.5) is 17.3 Å². The molecule has 0 heterocycles. The summed E-state index contributed by atoms with van der Waals surface area (Å²) in [6, 6.07) is 19.2. The second-order valence-electron chi connectivity index (χ2n) is 7.86. The number of benzene rings is 2. The Hall–Kier alpha value is -1.55. The molecule has 0 amide bonds. The lowest BCUT2D eigenvalue weighted by atomic mass is 10.3. The fraction of sp³-hybridized carbons (Fsp3) is 0.455. The van der Waals surface area contributed by atoms with Crippen molar-refractivity contribution in [3.05, 3.63) is 54.6 Å². The number of para-hydroxylation sites is 1. The van der Waals surface area contributed by atoms with Crippen LogP contribution in [0.5, 0.6) is 11.5 Å². The third kappa shape index (κ3) is 7.33. The van der Waals surface area contributed by atoms with Crippen LogP contribution in [0.2, 0.25) is 0 Å². The molecule has 158 valence electrons. The number of hydrogen-bond donors (Lipinski definition) is 0. The lowest BCUT2D eigenvalue weighted by Gasteiger charge is -2.23. The van der Waals surface area contributed by atoms with Crippen molar-refractivity contribution in [1.29, 1.82) is 0 Å². The fourth-order valence-corrected chi connectivity index (χ4v) is 8.91. The fourth-order valence-electron chi connectivity index (χ4n) is 4.64. The van der Waals surface area contributed by atoms with Crippen molar-refractivity contribution in [2.45, 2.75) is 62.7 Å². The highest BCUT2D eigenvalue weighted by Gasteiger charge is 2.40. The monoisotopic (exact) mass is 426 g/mol. The molecule has 0 radical (unpaired) electrons. The van der Waals surface area contributed by atoms with Crippen LogP contribution < -0.4 is 10.0 Å². The first-order valence-electron chi connectivity index (χ1n) is 10.5. The minimum absolute atomic E-state index is 0.471. The van der Waals surface area contributed by atoms with Crippen LogP contribution in [-0.2, 0) is 0 Å². The molecule has 0 N–H and O–H groups in total. The zero-order chi connectivity index (χ0) is 20.7. The molecule has 7 heteroatoms. The van der Waals surface area contributed by atoms with Gasteiger partial charge in [0.25, 0.3) is 0 Å². The van der Waals surface area contributed by atoms with E-state index < -0.39 is 15.2 Å². The van der Waals surface area contributed by atoms with Gasteiger partial charge in [-0.25, -0.2) is 0 Å². The second-order valence-corrected chi connectivity index (χ2v) is 11.0. The smallest absolute Gasteiger partial charge is 0.457 e. The van der Waals surface area contributed by atoms with Crippen molar-refractivity contribution in [2.75, 3.05) is 0 Å². The highest BCUT2D eigenvalue weighted by molar-refractivity contribution is 7.67. The molecule has 2 aliphatic rings. The quantitative estimate of drug-likeness (QED) is 0.273. The first-order valence-corrected chi connectivity index (χ1v) is 12.1. The average molecular weight is 426 g/mol. The summed E-state index contributed by atoms with van der Waals surface area (Å²) >= 11 is 0. The first-order chi connectivity index (χ1) is 13.9. The summed E-state index contributed by atoms with van der Waals surface area (Å²) in [6.07, 6.45) is 11.7. The van der Waals surface area contributed by atoms with Gasteiger partial charge in [0.1, 0.15) is 11.5 Å². The molecule has 29 heavy (non-hydrogen) atoms. The molecule has 2 aromatic rings. The summed E-state index contributed by atoms with van der Waals surface area (Å²) in [4.78, 5) is 0. The summed E-state index contributed by atoms with van der Waals surface area (Å²) in [7, 11) is -6.47. The number of halogens is 4. The van der Waals surface area contributed by atoms with Crippen molar-refractivity contribution in [1.82, 2.24) is 0 Å². The molecule has 0 atom stereocenters. The van der Waals surface area contributed by atoms with E-state index in [1.807, 2.05) is 30.3 Å². The lowest BCUT2D eigenvalue weighted by Crippen LogP contribution is -2.19. The molecule has 0 bridgehead atoms. The Morgan fingerprint density at radius 2 is 1.17 bits per heavy atom. The van der Waals surface area contributed by atoms with Gasteiger partial charge in [-0.1, -0.05) is 24.3 Å². The second kappa shape index (κ2) is 10.5. The molecule has 2 aromatic carbocycles. The maximum Gasteiger partial charge on any atom is 0.673 e. The van der Waals surface area contributed by atoms with Crippen LogP contribution in [-0.4, -0.2) is 18.6 Å². The van der Waals surface area contributed by atoms with Crippen LogP contribution in [0.1, 0.15) is 51.4 Å². The van der Waals surface area contributed by atoms with E-state index in [0.717, 1.165) is 22.8 Å². The van der Waals surface area contributed by atoms with Gasteiger partial charge in [0.15, 0.2) is 0 Å². The predicted molar refractivity (Wildman–Crippen MR) is 116 cm³/mol. The topological polar surface area (TPSA) is 9.23 Å². The lowest BCUT2D eigenvalue weighted by molar-refractivity contribution is 0.368. The normalized spacial score (nSPS) is 18.0. The highest BCUT2D eigenvalue weighted by atomic mass is 31.1. The van der Waals surface area contributed by atoms with Gasteiger partial charge in [0.05, 0.1) is 16.6 Å². The van der Waals surface area contributed by atoms with Crippen LogP contribution in [0, 0.1) is 0 Å². The molecule has 1 nitrogen and oxygen atoms in total. The van der Waals surface area contributed by atoms with Gasteiger partial charge in [-0.3, -0.25) is 0 Å². The minimum atomic E-state index is -6.00. The van der Waals surface area contributed by atoms with Gasteiger partial charge in [-0.15, -0.1) is 0 Å². The number of ether oxygens (including phenoxy) is 1. The Balaban J connectivity index is 0.000000431. The van der Waals surface area contributed by atoms with E-state index in [-0.39, 0.29) is 0 Å². The average Bonchev–Trinajstić information content (AvgIpc) is 3.37. The van der Waals surface area contributed by atoms with E-state index in [1.165, 1.54) is 51.4 Å². The summed E-state index contributed by atoms with van der Waals surface area (Å²) in [5.74, 6) is 1.95. The predicted octanol–water partition coefficient (Wildman–Crippen LogP) is 7.50. The number of hydrogen-bond acceptors (Lipinski definition) is 1. The molecule has 4 rings (SSSR count). The van der Waals surface area contributed by atoms with Crippen molar-refractivity contribution >= 4 is 20.5 Å². The first kappa shape index (κ1) is 22.1. The molecular formula is C22H28BF4OP. The summed E-state index contributed by atoms with van der Waals surface area (Å²) in [5.41, 5.74) is 1.98. The molecule has 0 unspecified atom stereocenters. The van der Waals surface area contributed by atoms with Crippen LogP contribution >= 0.6 is 7.92 Å². The van der Waals surface area contributed by atoms with Crippen molar-refractivity contribution < 1.29 is 22.0 Å². The zero-order valence-electron chi connectivity index (χ0n) is 16.5. The molecule has 2 saturated carbocycles. The van der Waals surface area contributed by atoms with Gasteiger partial charge in [-0.05, 0) is 75.6 Å². The Labute approximate surface area is 171 Å². The number of rotatable bonds is 5. The summed E-state index contributed by atoms with van der Waals surface area (Å²) in [6.45, 7) is 0. The molecule has 2 fully saturated rings. The molecule has 0 aromatic heterocycles. The van der Waals surface area contributed by atoms with Crippen molar-refractivity contribution in [3.63, 3.8) is 0 Å². The van der Waals surface area contributed by atoms with E-state index in [9.17, 15) is 17.3 Å². The van der Waals surface area contributed by atoms with Gasteiger partial charge in [0, 0.05) is 14.0 Å². The highest BCUT2D eigenvalue weighted by Crippen LogP contribution is 2.56. The Morgan fingerprint density at radius 3 is 1.69 bits per heavy atom. The molecule has 0 spiro atoms. The van der Waals surface area contributed by atoms with Crippen LogP contribution in [0.15, 0.2) is 54.6 Å². The zero-order valence-corrected chi connectivity index (χ0v) is 17.5. The maximum absolute atomic E-state index is 9.75. The van der Waals surface area contributed by atoms with Gasteiger partial charge in [0.2, 0.25) is 0 Å². The standard InChI is InChI=1S/C22H27OP.BF4/c1-2-9-18(10-3-1)23-19-11-8-16-22(17-19)24(20-12-4-5-13-20)21-14-6-7-15-21;2-1(3,4)5/h1-3,8-11,16-17,20-21H,4-7,12-15H2;/q;-1/p+1. The van der Waals surface area contributed by atoms with Crippen molar-refractivity contribution in [2.24, 2.45) is 0 Å². The van der Waals surface area contributed by atoms with Crippen LogP contribution in [0.25, 0.3) is 0 Å². The summed E-state index contributed by atoms with van der Waals surface area (Å²) in [5, 5.41) is 1.62. The summed E-state index contributed by atoms with van der Waals surface area (Å²) < 4.78 is 45.1. The molecule has 0 saturated heterocycles. The van der Waals surface area contributed by atoms with E-state index in [2.05, 4.69) is 24.3 Å². The van der Waals surface area contributed by atoms with E-state index in [1.54, 1.807) is 5.30 Å². The van der Waals surface area contributed by atoms with E-state index in [0.29, 0.717) is 0 Å². The Bertz CT molecular complexity index is 722. The van der Waals surface area contributed by atoms with E-state index >= 15 is 0 Å². The maximum atomic E-state index is 9.75. The van der Waals surface area contributed by atoms with Crippen molar-refractivity contribution in [3.8, 4) is 11.5 Å². The minimum Gasteiger partial charge on any atom is -0.457 e. The Kier molecular flexibility index (Phi) is 8.00. The largest absolute Gasteiger partial charge is 0.673 e. The van der Waals surface area contributed by atoms with Gasteiger partial charge in [-0.2, -0.15) is 0 Å². The van der Waals surface area contributed by atoms with Crippen LogP contribution in [0.3, 0.4) is 0 Å². The third-order valence-electron chi connectivity index (χ3n) is 5.74. The molecule has 2 aliphatic carbocycles. The van der Waals surface area contributed by atoms with Gasteiger partial charge < -0.3 is 22.0 Å². The molecule has 0 aliphatic heterocycles. The SMILES string of the molecule is F[B-](F)(F)F.c1ccc(Oc2cccc([PH+](C3CCCC3)C3CCCC3)c2)cc1. The Morgan fingerprint density at radius 1 is 0.690 bits per heavy atom.